The van der Waals surface area contributed by atoms with Crippen molar-refractivity contribution in [2.45, 2.75) is 20.4 Å². The molecular formula is C12H16ClNO2. The molecule has 16 heavy (non-hydrogen) atoms. The monoisotopic (exact) mass is 241 g/mol. The van der Waals surface area contributed by atoms with E-state index in [2.05, 4.69) is 5.32 Å². The van der Waals surface area contributed by atoms with Crippen LogP contribution in [0.5, 0.6) is 5.75 Å². The van der Waals surface area contributed by atoms with Crippen LogP contribution in [0.25, 0.3) is 0 Å². The van der Waals surface area contributed by atoms with Crippen LogP contribution in [0, 0.1) is 5.92 Å². The number of hydrogen-bond acceptors (Lipinski definition) is 2. The molecule has 4 heteroatoms. The van der Waals surface area contributed by atoms with E-state index < -0.39 is 0 Å². The summed E-state index contributed by atoms with van der Waals surface area (Å²) in [5.74, 6) is 0.668. The first-order valence-electron chi connectivity index (χ1n) is 5.14. The van der Waals surface area contributed by atoms with Crippen molar-refractivity contribution in [1.29, 1.82) is 0 Å². The summed E-state index contributed by atoms with van der Waals surface area (Å²) < 4.78 is 5.04. The molecule has 1 aromatic rings. The second kappa shape index (κ2) is 5.75. The molecule has 88 valence electrons. The van der Waals surface area contributed by atoms with Crippen molar-refractivity contribution in [3.05, 3.63) is 28.8 Å². The van der Waals surface area contributed by atoms with E-state index in [1.165, 1.54) is 0 Å². The molecule has 0 aliphatic carbocycles. The van der Waals surface area contributed by atoms with Crippen LogP contribution in [0.15, 0.2) is 18.2 Å². The van der Waals surface area contributed by atoms with Gasteiger partial charge in [0.05, 0.1) is 12.1 Å². The minimum Gasteiger partial charge on any atom is -0.495 e. The summed E-state index contributed by atoms with van der Waals surface area (Å²) in [5.41, 5.74) is 0.958. The Morgan fingerprint density at radius 1 is 1.50 bits per heavy atom. The highest BCUT2D eigenvalue weighted by Gasteiger charge is 2.07. The molecule has 0 unspecified atom stereocenters. The van der Waals surface area contributed by atoms with Gasteiger partial charge < -0.3 is 10.1 Å². The van der Waals surface area contributed by atoms with Gasteiger partial charge in [0.25, 0.3) is 0 Å². The van der Waals surface area contributed by atoms with Gasteiger partial charge in [-0.05, 0) is 17.7 Å². The zero-order valence-corrected chi connectivity index (χ0v) is 10.5. The van der Waals surface area contributed by atoms with Crippen molar-refractivity contribution in [3.63, 3.8) is 0 Å². The topological polar surface area (TPSA) is 38.3 Å². The highest BCUT2D eigenvalue weighted by atomic mass is 35.5. The lowest BCUT2D eigenvalue weighted by Crippen LogP contribution is -2.27. The van der Waals surface area contributed by atoms with E-state index in [4.69, 9.17) is 16.3 Å². The molecule has 1 rings (SSSR count). The Hall–Kier alpha value is -1.22. The molecule has 0 heterocycles. The van der Waals surface area contributed by atoms with Gasteiger partial charge in [-0.2, -0.15) is 0 Å². The Labute approximate surface area is 101 Å². The summed E-state index contributed by atoms with van der Waals surface area (Å²) >= 11 is 5.97. The SMILES string of the molecule is COc1ccc(CNC(=O)C(C)C)cc1Cl. The van der Waals surface area contributed by atoms with Gasteiger partial charge in [0.1, 0.15) is 5.75 Å². The fourth-order valence-corrected chi connectivity index (χ4v) is 1.49. The van der Waals surface area contributed by atoms with Crippen molar-refractivity contribution in [3.8, 4) is 5.75 Å². The lowest BCUT2D eigenvalue weighted by atomic mass is 10.2. The number of amides is 1. The fraction of sp³-hybridized carbons (Fsp3) is 0.417. The van der Waals surface area contributed by atoms with E-state index in [0.29, 0.717) is 17.3 Å². The molecule has 0 spiro atoms. The molecule has 1 N–H and O–H groups in total. The zero-order valence-electron chi connectivity index (χ0n) is 9.71. The number of carbonyl (C=O) groups is 1. The van der Waals surface area contributed by atoms with Crippen molar-refractivity contribution in [2.75, 3.05) is 7.11 Å². The van der Waals surface area contributed by atoms with Gasteiger partial charge in [0, 0.05) is 12.5 Å². The number of nitrogens with one attached hydrogen (secondary N) is 1. The van der Waals surface area contributed by atoms with Gasteiger partial charge in [0.2, 0.25) is 5.91 Å². The number of methoxy groups -OCH3 is 1. The van der Waals surface area contributed by atoms with Gasteiger partial charge in [-0.1, -0.05) is 31.5 Å². The predicted octanol–water partition coefficient (Wildman–Crippen LogP) is 2.62. The van der Waals surface area contributed by atoms with Crippen LogP contribution in [-0.2, 0) is 11.3 Å². The summed E-state index contributed by atoms with van der Waals surface area (Å²) in [6.45, 7) is 4.20. The predicted molar refractivity (Wildman–Crippen MR) is 64.7 cm³/mol. The van der Waals surface area contributed by atoms with E-state index in [1.54, 1.807) is 19.2 Å². The summed E-state index contributed by atoms with van der Waals surface area (Å²) in [4.78, 5) is 11.4. The van der Waals surface area contributed by atoms with Crippen molar-refractivity contribution >= 4 is 17.5 Å². The third kappa shape index (κ3) is 3.42. The van der Waals surface area contributed by atoms with Crippen LogP contribution >= 0.6 is 11.6 Å². The Morgan fingerprint density at radius 3 is 2.69 bits per heavy atom. The zero-order chi connectivity index (χ0) is 12.1. The number of carbonyl (C=O) groups excluding carboxylic acids is 1. The van der Waals surface area contributed by atoms with E-state index in [0.717, 1.165) is 5.56 Å². The summed E-state index contributed by atoms with van der Waals surface area (Å²) in [7, 11) is 1.57. The van der Waals surface area contributed by atoms with E-state index in [1.807, 2.05) is 19.9 Å². The second-order valence-electron chi connectivity index (χ2n) is 3.84. The van der Waals surface area contributed by atoms with Crippen LogP contribution < -0.4 is 10.1 Å². The molecule has 0 aromatic heterocycles. The third-order valence-electron chi connectivity index (χ3n) is 2.21. The molecular weight excluding hydrogens is 226 g/mol. The average molecular weight is 242 g/mol. The minimum absolute atomic E-state index is 0.00581. The maximum Gasteiger partial charge on any atom is 0.222 e. The van der Waals surface area contributed by atoms with Gasteiger partial charge in [-0.15, -0.1) is 0 Å². The van der Waals surface area contributed by atoms with Crippen LogP contribution in [0.1, 0.15) is 19.4 Å². The normalized spacial score (nSPS) is 10.3. The number of rotatable bonds is 4. The first-order valence-corrected chi connectivity index (χ1v) is 5.52. The summed E-state index contributed by atoms with van der Waals surface area (Å²) in [6.07, 6.45) is 0. The molecule has 0 aliphatic rings. The molecule has 0 saturated heterocycles. The van der Waals surface area contributed by atoms with Crippen LogP contribution in [0.2, 0.25) is 5.02 Å². The summed E-state index contributed by atoms with van der Waals surface area (Å²) in [6, 6.07) is 5.46. The standard InChI is InChI=1S/C12H16ClNO2/c1-8(2)12(15)14-7-9-4-5-11(16-3)10(13)6-9/h4-6,8H,7H2,1-3H3,(H,14,15). The van der Waals surface area contributed by atoms with Crippen molar-refractivity contribution < 1.29 is 9.53 Å². The lowest BCUT2D eigenvalue weighted by molar-refractivity contribution is -0.124. The quantitative estimate of drug-likeness (QED) is 0.880. The Balaban J connectivity index is 2.62. The third-order valence-corrected chi connectivity index (χ3v) is 2.50. The Kier molecular flexibility index (Phi) is 4.62. The molecule has 0 bridgehead atoms. The number of hydrogen-bond donors (Lipinski definition) is 1. The molecule has 0 aliphatic heterocycles. The van der Waals surface area contributed by atoms with Crippen LogP contribution in [0.4, 0.5) is 0 Å². The number of benzene rings is 1. The molecule has 0 saturated carbocycles. The largest absolute Gasteiger partial charge is 0.495 e. The Bertz CT molecular complexity index is 377. The first kappa shape index (κ1) is 12.8. The molecule has 0 atom stereocenters. The number of ether oxygens (including phenoxy) is 1. The fourth-order valence-electron chi connectivity index (χ4n) is 1.21. The molecule has 0 fully saturated rings. The lowest BCUT2D eigenvalue weighted by Gasteiger charge is -2.09. The first-order chi connectivity index (χ1) is 7.54. The highest BCUT2D eigenvalue weighted by Crippen LogP contribution is 2.24. The Morgan fingerprint density at radius 2 is 2.19 bits per heavy atom. The molecule has 0 radical (unpaired) electrons. The van der Waals surface area contributed by atoms with Gasteiger partial charge in [-0.25, -0.2) is 0 Å². The van der Waals surface area contributed by atoms with Crippen LogP contribution in [0.3, 0.4) is 0 Å². The molecule has 1 aromatic carbocycles. The van der Waals surface area contributed by atoms with Gasteiger partial charge in [-0.3, -0.25) is 4.79 Å². The summed E-state index contributed by atoms with van der Waals surface area (Å²) in [5, 5.41) is 3.38. The molecule has 3 nitrogen and oxygen atoms in total. The van der Waals surface area contributed by atoms with Crippen molar-refractivity contribution in [1.82, 2.24) is 5.32 Å². The van der Waals surface area contributed by atoms with Crippen LogP contribution in [-0.4, -0.2) is 13.0 Å². The van der Waals surface area contributed by atoms with Gasteiger partial charge >= 0.3 is 0 Å². The smallest absolute Gasteiger partial charge is 0.222 e. The minimum atomic E-state index is -0.00581. The number of halogens is 1. The maximum atomic E-state index is 11.4. The maximum absolute atomic E-state index is 11.4. The van der Waals surface area contributed by atoms with E-state index >= 15 is 0 Å². The van der Waals surface area contributed by atoms with E-state index in [-0.39, 0.29) is 11.8 Å². The van der Waals surface area contributed by atoms with E-state index in [9.17, 15) is 4.79 Å². The van der Waals surface area contributed by atoms with Gasteiger partial charge in [0.15, 0.2) is 0 Å². The molecule has 1 amide bonds. The van der Waals surface area contributed by atoms with Crippen molar-refractivity contribution in [2.24, 2.45) is 5.92 Å². The highest BCUT2D eigenvalue weighted by molar-refractivity contribution is 6.32. The average Bonchev–Trinajstić information content (AvgIpc) is 2.25. The second-order valence-corrected chi connectivity index (χ2v) is 4.25.